The molecule has 3 aromatic rings. The number of ether oxygens (including phenoxy) is 1. The van der Waals surface area contributed by atoms with E-state index in [-0.39, 0.29) is 30.9 Å². The number of fused-ring (bicyclic) bond motifs is 3. The van der Waals surface area contributed by atoms with Gasteiger partial charge in [0.2, 0.25) is 17.7 Å². The second-order valence-electron chi connectivity index (χ2n) is 10.7. The number of aliphatic hydroxyl groups is 1. The van der Waals surface area contributed by atoms with Gasteiger partial charge in [-0.15, -0.1) is 5.10 Å². The van der Waals surface area contributed by atoms with Gasteiger partial charge in [-0.2, -0.15) is 0 Å². The highest BCUT2D eigenvalue weighted by atomic mass is 35.5. The Bertz CT molecular complexity index is 1510. The maximum absolute atomic E-state index is 13.4. The number of halogens is 1. The lowest BCUT2D eigenvalue weighted by Gasteiger charge is -2.27. The van der Waals surface area contributed by atoms with Gasteiger partial charge in [0, 0.05) is 11.4 Å². The summed E-state index contributed by atoms with van der Waals surface area (Å²) in [6, 6.07) is 11.3. The van der Waals surface area contributed by atoms with Gasteiger partial charge < -0.3 is 31.1 Å². The fourth-order valence-corrected chi connectivity index (χ4v) is 4.88. The fraction of sp³-hybridized carbons (Fsp3) is 0.379. The Balaban J connectivity index is 1.43. The first-order valence-electron chi connectivity index (χ1n) is 13.9. The van der Waals surface area contributed by atoms with Crippen molar-refractivity contribution in [1.29, 1.82) is 0 Å². The molecular formula is C29H32ClN7O6. The van der Waals surface area contributed by atoms with Crippen molar-refractivity contribution < 1.29 is 29.0 Å². The van der Waals surface area contributed by atoms with Crippen LogP contribution in [0.2, 0.25) is 5.02 Å². The number of rotatable bonds is 3. The predicted molar refractivity (Wildman–Crippen MR) is 154 cm³/mol. The standard InChI is InChI=1S/C29H32ClN7O6/c1-17(38)24-27(41)32-22(13-18-5-3-2-4-6-18)26(40)31-15-20-16-37(36-35-20)11-12-43-23-8-7-19(30)14-21(23)25(39)34-29(9-10-29)28(42)33-24/h2-8,14,16-17,22,24,38H,9-13,15H2,1H3,(H,31,40)(H,32,41)(H,33,42)(H,34,39)/t17-,22-,24+/m1/s1. The average molecular weight is 610 g/mol. The number of hydrogen-bond donors (Lipinski definition) is 5. The van der Waals surface area contributed by atoms with E-state index < -0.39 is 47.4 Å². The molecule has 0 unspecified atom stereocenters. The van der Waals surface area contributed by atoms with Gasteiger partial charge in [0.15, 0.2) is 0 Å². The Labute approximate surface area is 252 Å². The Kier molecular flexibility index (Phi) is 8.92. The number of aliphatic hydroxyl groups excluding tert-OH is 1. The van der Waals surface area contributed by atoms with Crippen LogP contribution in [0.4, 0.5) is 0 Å². The molecular weight excluding hydrogens is 578 g/mol. The van der Waals surface area contributed by atoms with E-state index in [4.69, 9.17) is 16.3 Å². The predicted octanol–water partition coefficient (Wildman–Crippen LogP) is 0.496. The molecule has 5 N–H and O–H groups in total. The van der Waals surface area contributed by atoms with Crippen LogP contribution in [-0.2, 0) is 33.9 Å². The maximum Gasteiger partial charge on any atom is 0.255 e. The number of nitrogens with one attached hydrogen (secondary N) is 4. The van der Waals surface area contributed by atoms with Crippen LogP contribution in [0, 0.1) is 0 Å². The molecule has 2 bridgehead atoms. The monoisotopic (exact) mass is 609 g/mol. The zero-order valence-corrected chi connectivity index (χ0v) is 24.1. The molecule has 3 atom stereocenters. The summed E-state index contributed by atoms with van der Waals surface area (Å²) in [6.07, 6.45) is 1.15. The molecule has 1 aromatic heterocycles. The molecule has 4 amide bonds. The Hall–Kier alpha value is -4.49. The largest absolute Gasteiger partial charge is 0.491 e. The van der Waals surface area contributed by atoms with E-state index in [0.29, 0.717) is 30.1 Å². The molecule has 1 saturated carbocycles. The third-order valence-electron chi connectivity index (χ3n) is 7.30. The van der Waals surface area contributed by atoms with E-state index in [1.54, 1.807) is 18.3 Å². The minimum Gasteiger partial charge on any atom is -0.491 e. The SMILES string of the molecule is C[C@@H](O)[C@@H]1NC(=O)C2(CC2)NC(=O)c2cc(Cl)ccc2OCCn2cc(nn2)CNC(=O)[C@@H](Cc2ccccc2)NC1=O. The van der Waals surface area contributed by atoms with E-state index >= 15 is 0 Å². The molecule has 2 heterocycles. The van der Waals surface area contributed by atoms with Gasteiger partial charge in [-0.1, -0.05) is 47.1 Å². The lowest BCUT2D eigenvalue weighted by atomic mass is 10.0. The van der Waals surface area contributed by atoms with Gasteiger partial charge in [0.1, 0.15) is 35.7 Å². The summed E-state index contributed by atoms with van der Waals surface area (Å²) in [5.41, 5.74) is 0.114. The molecule has 2 aliphatic rings. The van der Waals surface area contributed by atoms with Crippen LogP contribution in [0.3, 0.4) is 0 Å². The van der Waals surface area contributed by atoms with Crippen molar-refractivity contribution in [1.82, 2.24) is 36.3 Å². The van der Waals surface area contributed by atoms with Gasteiger partial charge in [0.05, 0.1) is 31.0 Å². The fourth-order valence-electron chi connectivity index (χ4n) is 4.71. The molecule has 1 aliphatic heterocycles. The van der Waals surface area contributed by atoms with Gasteiger partial charge in [-0.25, -0.2) is 4.68 Å². The van der Waals surface area contributed by atoms with E-state index in [9.17, 15) is 24.3 Å². The molecule has 43 heavy (non-hydrogen) atoms. The van der Waals surface area contributed by atoms with E-state index in [1.807, 2.05) is 30.3 Å². The summed E-state index contributed by atoms with van der Waals surface area (Å²) < 4.78 is 7.40. The highest BCUT2D eigenvalue weighted by molar-refractivity contribution is 6.31. The van der Waals surface area contributed by atoms with E-state index in [2.05, 4.69) is 31.6 Å². The molecule has 226 valence electrons. The lowest BCUT2D eigenvalue weighted by molar-refractivity contribution is -0.135. The number of carbonyl (C=O) groups is 4. The topological polar surface area (TPSA) is 177 Å². The number of amides is 4. The van der Waals surface area contributed by atoms with Crippen molar-refractivity contribution >= 4 is 35.2 Å². The number of nitrogens with zero attached hydrogens (tertiary/aromatic N) is 3. The van der Waals surface area contributed by atoms with Crippen LogP contribution in [0.1, 0.15) is 41.4 Å². The van der Waals surface area contributed by atoms with Crippen LogP contribution in [0.25, 0.3) is 0 Å². The van der Waals surface area contributed by atoms with Crippen molar-refractivity contribution in [3.8, 4) is 5.75 Å². The Morgan fingerprint density at radius 1 is 1.09 bits per heavy atom. The van der Waals surface area contributed by atoms with E-state index in [1.165, 1.54) is 17.7 Å². The van der Waals surface area contributed by atoms with Gasteiger partial charge >= 0.3 is 0 Å². The second-order valence-corrected chi connectivity index (χ2v) is 11.1. The minimum atomic E-state index is -1.40. The summed E-state index contributed by atoms with van der Waals surface area (Å²) >= 11 is 6.17. The van der Waals surface area contributed by atoms with Gasteiger partial charge in [-0.3, -0.25) is 19.2 Å². The second kappa shape index (κ2) is 12.8. The first kappa shape index (κ1) is 30.0. The van der Waals surface area contributed by atoms with Crippen molar-refractivity contribution in [3.63, 3.8) is 0 Å². The lowest BCUT2D eigenvalue weighted by Crippen LogP contribution is -2.60. The maximum atomic E-state index is 13.4. The Morgan fingerprint density at radius 2 is 1.86 bits per heavy atom. The summed E-state index contributed by atoms with van der Waals surface area (Å²) in [7, 11) is 0. The van der Waals surface area contributed by atoms with Crippen molar-refractivity contribution in [3.05, 3.63) is 76.6 Å². The first-order chi connectivity index (χ1) is 20.6. The smallest absolute Gasteiger partial charge is 0.255 e. The number of carbonyl (C=O) groups excluding carboxylic acids is 4. The van der Waals surface area contributed by atoms with Crippen LogP contribution >= 0.6 is 11.6 Å². The molecule has 14 heteroatoms. The van der Waals surface area contributed by atoms with Crippen molar-refractivity contribution in [2.75, 3.05) is 6.61 Å². The molecule has 1 fully saturated rings. The molecule has 0 radical (unpaired) electrons. The number of benzene rings is 2. The summed E-state index contributed by atoms with van der Waals surface area (Å²) in [5.74, 6) is -2.20. The molecule has 0 saturated heterocycles. The highest BCUT2D eigenvalue weighted by Crippen LogP contribution is 2.37. The Morgan fingerprint density at radius 3 is 2.58 bits per heavy atom. The molecule has 5 rings (SSSR count). The van der Waals surface area contributed by atoms with Crippen molar-refractivity contribution in [2.24, 2.45) is 0 Å². The summed E-state index contributed by atoms with van der Waals surface area (Å²) in [6.45, 7) is 1.84. The summed E-state index contributed by atoms with van der Waals surface area (Å²) in [5, 5.41) is 29.7. The average Bonchev–Trinajstić information content (AvgIpc) is 3.63. The van der Waals surface area contributed by atoms with Crippen molar-refractivity contribution in [2.45, 2.75) is 63.0 Å². The number of hydrogen-bond acceptors (Lipinski definition) is 8. The normalized spacial score (nSPS) is 21.7. The van der Waals surface area contributed by atoms with Gasteiger partial charge in [-0.05, 0) is 43.5 Å². The molecule has 2 aromatic carbocycles. The van der Waals surface area contributed by atoms with Crippen LogP contribution in [0.5, 0.6) is 5.75 Å². The summed E-state index contributed by atoms with van der Waals surface area (Å²) in [4.78, 5) is 53.4. The van der Waals surface area contributed by atoms with Crippen LogP contribution in [-0.4, -0.2) is 74.1 Å². The zero-order valence-electron chi connectivity index (χ0n) is 23.4. The highest BCUT2D eigenvalue weighted by Gasteiger charge is 2.52. The van der Waals surface area contributed by atoms with Crippen LogP contribution < -0.4 is 26.0 Å². The molecule has 13 nitrogen and oxygen atoms in total. The molecule has 1 spiro atoms. The number of aromatic nitrogens is 3. The third-order valence-corrected chi connectivity index (χ3v) is 7.53. The quantitative estimate of drug-likeness (QED) is 0.285. The van der Waals surface area contributed by atoms with Crippen LogP contribution in [0.15, 0.2) is 54.7 Å². The van der Waals surface area contributed by atoms with Gasteiger partial charge in [0.25, 0.3) is 5.91 Å². The van der Waals surface area contributed by atoms with E-state index in [0.717, 1.165) is 5.56 Å². The minimum absolute atomic E-state index is 0.0431. The first-order valence-corrected chi connectivity index (χ1v) is 14.3. The third kappa shape index (κ3) is 7.30. The molecule has 1 aliphatic carbocycles. The zero-order chi connectivity index (χ0) is 30.6.